The van der Waals surface area contributed by atoms with E-state index in [4.69, 9.17) is 16.3 Å². The molecule has 8 nitrogen and oxygen atoms in total. The van der Waals surface area contributed by atoms with E-state index >= 15 is 0 Å². The summed E-state index contributed by atoms with van der Waals surface area (Å²) in [5.74, 6) is 0.473. The minimum Gasteiger partial charge on any atom is -0.496 e. The number of hydrogen-bond acceptors (Lipinski definition) is 6. The Labute approximate surface area is 186 Å². The summed E-state index contributed by atoms with van der Waals surface area (Å²) in [7, 11) is -2.15. The van der Waals surface area contributed by atoms with Gasteiger partial charge in [-0.15, -0.1) is 0 Å². The summed E-state index contributed by atoms with van der Waals surface area (Å²) in [6.07, 6.45) is 2.18. The Morgan fingerprint density at radius 3 is 2.68 bits per heavy atom. The highest BCUT2D eigenvalue weighted by molar-refractivity contribution is 7.90. The minimum atomic E-state index is -3.71. The van der Waals surface area contributed by atoms with Crippen molar-refractivity contribution in [1.82, 2.24) is 19.3 Å². The Bertz CT molecular complexity index is 1210. The van der Waals surface area contributed by atoms with Gasteiger partial charge < -0.3 is 9.30 Å². The van der Waals surface area contributed by atoms with Gasteiger partial charge in [0, 0.05) is 10.6 Å². The lowest BCUT2D eigenvalue weighted by atomic mass is 10.2. The Balaban J connectivity index is 1.90. The molecule has 1 N–H and O–H groups in total. The monoisotopic (exact) mass is 464 g/mol. The Morgan fingerprint density at radius 2 is 1.97 bits per heavy atom. The molecule has 0 fully saturated rings. The second-order valence-corrected chi connectivity index (χ2v) is 9.48. The number of rotatable bonds is 9. The van der Waals surface area contributed by atoms with Gasteiger partial charge in [-0.2, -0.15) is 0 Å². The van der Waals surface area contributed by atoms with Crippen molar-refractivity contribution < 1.29 is 17.9 Å². The molecule has 0 bridgehead atoms. The first-order valence-corrected chi connectivity index (χ1v) is 12.0. The number of methoxy groups -OCH3 is 1. The molecule has 1 amide bonds. The Kier molecular flexibility index (Phi) is 7.17. The number of unbranched alkanes of at least 4 members (excludes halogenated alkanes) is 2. The van der Waals surface area contributed by atoms with E-state index in [0.717, 1.165) is 18.4 Å². The smallest absolute Gasteiger partial charge is 0.283 e. The van der Waals surface area contributed by atoms with E-state index in [0.29, 0.717) is 40.7 Å². The van der Waals surface area contributed by atoms with Crippen molar-refractivity contribution in [2.45, 2.75) is 39.7 Å². The van der Waals surface area contributed by atoms with Crippen LogP contribution in [0.4, 0.5) is 0 Å². The quantitative estimate of drug-likeness (QED) is 0.484. The van der Waals surface area contributed by atoms with Gasteiger partial charge in [-0.25, -0.2) is 23.1 Å². The number of amides is 1. The van der Waals surface area contributed by atoms with E-state index in [9.17, 15) is 13.2 Å². The van der Waals surface area contributed by atoms with Crippen molar-refractivity contribution in [3.8, 4) is 5.75 Å². The number of imidazole rings is 1. The molecule has 31 heavy (non-hydrogen) atoms. The molecule has 0 saturated carbocycles. The van der Waals surface area contributed by atoms with E-state index in [1.54, 1.807) is 25.3 Å². The summed E-state index contributed by atoms with van der Waals surface area (Å²) in [5, 5.41) is 0.560. The van der Waals surface area contributed by atoms with E-state index in [1.165, 1.54) is 6.07 Å². The van der Waals surface area contributed by atoms with Crippen LogP contribution in [0, 0.1) is 6.92 Å². The molecule has 3 rings (SSSR count). The van der Waals surface area contributed by atoms with Crippen LogP contribution in [0.25, 0.3) is 11.2 Å². The number of hydrogen-bond donors (Lipinski definition) is 1. The van der Waals surface area contributed by atoms with E-state index in [2.05, 4.69) is 14.7 Å². The lowest BCUT2D eigenvalue weighted by molar-refractivity contribution is 0.0977. The normalized spacial score (nSPS) is 11.6. The van der Waals surface area contributed by atoms with Gasteiger partial charge in [0.1, 0.15) is 22.8 Å². The number of ether oxygens (including phenoxy) is 1. The third-order valence-corrected chi connectivity index (χ3v) is 6.42. The highest BCUT2D eigenvalue weighted by atomic mass is 35.5. The van der Waals surface area contributed by atoms with Crippen LogP contribution >= 0.6 is 11.6 Å². The van der Waals surface area contributed by atoms with Crippen LogP contribution in [0.3, 0.4) is 0 Å². The highest BCUT2D eigenvalue weighted by Crippen LogP contribution is 2.26. The summed E-state index contributed by atoms with van der Waals surface area (Å²) in [6, 6.07) is 8.47. The fraction of sp³-hybridized carbons (Fsp3) is 0.381. The van der Waals surface area contributed by atoms with Crippen LogP contribution in [0.1, 0.15) is 48.1 Å². The van der Waals surface area contributed by atoms with Gasteiger partial charge in [0.2, 0.25) is 10.0 Å². The minimum absolute atomic E-state index is 0.00999. The summed E-state index contributed by atoms with van der Waals surface area (Å²) in [5.41, 5.74) is 1.96. The average Bonchev–Trinajstić information content (AvgIpc) is 3.03. The first kappa shape index (κ1) is 23.0. The van der Waals surface area contributed by atoms with Gasteiger partial charge in [0.25, 0.3) is 5.91 Å². The molecule has 0 saturated heterocycles. The number of fused-ring (bicyclic) bond motifs is 1. The fourth-order valence-electron chi connectivity index (χ4n) is 3.24. The summed E-state index contributed by atoms with van der Waals surface area (Å²) in [4.78, 5) is 21.4. The zero-order chi connectivity index (χ0) is 22.6. The molecule has 0 aliphatic rings. The maximum Gasteiger partial charge on any atom is 0.283 e. The highest BCUT2D eigenvalue weighted by Gasteiger charge is 2.19. The van der Waals surface area contributed by atoms with Gasteiger partial charge in [0.15, 0.2) is 5.65 Å². The molecule has 166 valence electrons. The Morgan fingerprint density at radius 1 is 1.19 bits per heavy atom. The Hall–Kier alpha value is -2.65. The number of aromatic nitrogens is 3. The number of nitrogens with zero attached hydrogens (tertiary/aromatic N) is 3. The number of carbonyl (C=O) groups is 1. The maximum atomic E-state index is 12.5. The lowest BCUT2D eigenvalue weighted by Crippen LogP contribution is -2.33. The second kappa shape index (κ2) is 9.65. The van der Waals surface area contributed by atoms with E-state index < -0.39 is 15.9 Å². The molecule has 0 aliphatic carbocycles. The molecule has 2 aromatic heterocycles. The van der Waals surface area contributed by atoms with Crippen molar-refractivity contribution in [2.24, 2.45) is 0 Å². The van der Waals surface area contributed by atoms with Gasteiger partial charge >= 0.3 is 0 Å². The molecule has 1 aromatic carbocycles. The van der Waals surface area contributed by atoms with Gasteiger partial charge in [-0.1, -0.05) is 37.4 Å². The molecular formula is C21H25ClN4O4S. The molecule has 3 aromatic rings. The molecular weight excluding hydrogens is 440 g/mol. The van der Waals surface area contributed by atoms with Crippen molar-refractivity contribution >= 4 is 38.7 Å². The number of benzene rings is 1. The summed E-state index contributed by atoms with van der Waals surface area (Å²) in [6.45, 7) is 4.22. The molecule has 10 heteroatoms. The zero-order valence-electron chi connectivity index (χ0n) is 17.7. The molecule has 0 aliphatic heterocycles. The molecule has 0 unspecified atom stereocenters. The van der Waals surface area contributed by atoms with E-state index in [1.807, 2.05) is 24.5 Å². The number of pyridine rings is 1. The van der Waals surface area contributed by atoms with Crippen LogP contribution in [-0.2, 0) is 16.6 Å². The molecule has 2 heterocycles. The SMILES string of the molecule is CCCCCS(=O)(=O)NC(=O)c1ccc2nc(C)n(Cc3ccc(Cl)cc3OC)c2n1. The number of nitrogens with one attached hydrogen (secondary N) is 1. The second-order valence-electron chi connectivity index (χ2n) is 7.20. The standard InChI is InChI=1S/C21H25ClN4O4S/c1-4-5-6-11-31(28,29)25-21(27)18-10-9-17-20(24-18)26(14(2)23-17)13-15-7-8-16(22)12-19(15)30-3/h7-10,12H,4-6,11,13H2,1-3H3,(H,25,27). The van der Waals surface area contributed by atoms with Crippen LogP contribution in [0.15, 0.2) is 30.3 Å². The maximum absolute atomic E-state index is 12.5. The molecule has 0 spiro atoms. The number of aryl methyl sites for hydroxylation is 1. The predicted molar refractivity (Wildman–Crippen MR) is 120 cm³/mol. The third-order valence-electron chi connectivity index (χ3n) is 4.86. The average molecular weight is 465 g/mol. The third kappa shape index (κ3) is 5.54. The largest absolute Gasteiger partial charge is 0.496 e. The number of carbonyl (C=O) groups excluding carboxylic acids is 1. The van der Waals surface area contributed by atoms with Crippen LogP contribution in [-0.4, -0.2) is 41.7 Å². The topological polar surface area (TPSA) is 103 Å². The van der Waals surface area contributed by atoms with Crippen molar-refractivity contribution in [3.63, 3.8) is 0 Å². The van der Waals surface area contributed by atoms with Crippen molar-refractivity contribution in [2.75, 3.05) is 12.9 Å². The summed E-state index contributed by atoms with van der Waals surface area (Å²) >= 11 is 6.05. The fourth-order valence-corrected chi connectivity index (χ4v) is 4.47. The zero-order valence-corrected chi connectivity index (χ0v) is 19.3. The first-order chi connectivity index (χ1) is 14.7. The van der Waals surface area contributed by atoms with Crippen molar-refractivity contribution in [1.29, 1.82) is 0 Å². The molecule has 0 atom stereocenters. The lowest BCUT2D eigenvalue weighted by Gasteiger charge is -2.12. The van der Waals surface area contributed by atoms with Gasteiger partial charge in [-0.3, -0.25) is 4.79 Å². The number of halogens is 1. The number of sulfonamides is 1. The molecule has 0 radical (unpaired) electrons. The first-order valence-electron chi connectivity index (χ1n) is 9.95. The predicted octanol–water partition coefficient (Wildman–Crippen LogP) is 3.70. The van der Waals surface area contributed by atoms with Crippen molar-refractivity contribution in [3.05, 3.63) is 52.4 Å². The van der Waals surface area contributed by atoms with Crippen LogP contribution < -0.4 is 9.46 Å². The van der Waals surface area contributed by atoms with Gasteiger partial charge in [-0.05, 0) is 37.6 Å². The van der Waals surface area contributed by atoms with E-state index in [-0.39, 0.29) is 11.4 Å². The van der Waals surface area contributed by atoms with Crippen LogP contribution in [0.2, 0.25) is 5.02 Å². The van der Waals surface area contributed by atoms with Crippen LogP contribution in [0.5, 0.6) is 5.75 Å². The van der Waals surface area contributed by atoms with Gasteiger partial charge in [0.05, 0.1) is 19.4 Å². The summed E-state index contributed by atoms with van der Waals surface area (Å²) < 4.78 is 33.7.